The summed E-state index contributed by atoms with van der Waals surface area (Å²) in [5, 5.41) is 2.92. The van der Waals surface area contributed by atoms with Gasteiger partial charge in [-0.3, -0.25) is 9.59 Å². The zero-order valence-corrected chi connectivity index (χ0v) is 21.8. The molecule has 0 aliphatic rings. The number of nitrogens with zero attached hydrogens (tertiary/aromatic N) is 1. The summed E-state index contributed by atoms with van der Waals surface area (Å²) in [7, 11) is 0. The van der Waals surface area contributed by atoms with Crippen molar-refractivity contribution in [2.75, 3.05) is 13.2 Å². The number of aryl methyl sites for hydroxylation is 2. The maximum Gasteiger partial charge on any atom is 0.261 e. The van der Waals surface area contributed by atoms with Gasteiger partial charge in [-0.1, -0.05) is 57.8 Å². The van der Waals surface area contributed by atoms with E-state index in [9.17, 15) is 9.59 Å². The number of rotatable bonds is 9. The molecule has 1 atom stereocenters. The fourth-order valence-electron chi connectivity index (χ4n) is 3.08. The summed E-state index contributed by atoms with van der Waals surface area (Å²) in [6.07, 6.45) is 0. The lowest BCUT2D eigenvalue weighted by molar-refractivity contribution is -0.142. The summed E-state index contributed by atoms with van der Waals surface area (Å²) in [5.41, 5.74) is 3.01. The molecule has 0 unspecified atom stereocenters. The first-order valence-corrected chi connectivity index (χ1v) is 11.9. The van der Waals surface area contributed by atoms with Crippen LogP contribution in [0.25, 0.3) is 0 Å². The van der Waals surface area contributed by atoms with Crippen molar-refractivity contribution in [2.45, 2.75) is 47.2 Å². The summed E-state index contributed by atoms with van der Waals surface area (Å²) in [4.78, 5) is 27.4. The summed E-state index contributed by atoms with van der Waals surface area (Å²) in [6.45, 7) is 10.5. The van der Waals surface area contributed by atoms with E-state index in [0.29, 0.717) is 24.8 Å². The molecule has 2 aromatic rings. The van der Waals surface area contributed by atoms with Crippen LogP contribution in [0.2, 0.25) is 0 Å². The van der Waals surface area contributed by atoms with Crippen molar-refractivity contribution in [1.82, 2.24) is 10.2 Å². The predicted octanol–water partition coefficient (Wildman–Crippen LogP) is 5.40. The molecule has 0 aromatic heterocycles. The Morgan fingerprint density at radius 1 is 1.06 bits per heavy atom. The van der Waals surface area contributed by atoms with Gasteiger partial charge < -0.3 is 15.0 Å². The molecule has 7 heteroatoms. The Bertz CT molecular complexity index is 908. The molecule has 2 rings (SSSR count). The zero-order chi connectivity index (χ0) is 23.1. The second kappa shape index (κ2) is 11.7. The molecule has 2 aromatic carbocycles. The average Bonchev–Trinajstić information content (AvgIpc) is 2.71. The number of carbonyl (C=O) groups is 2. The number of benzene rings is 2. The number of ether oxygens (including phenoxy) is 1. The summed E-state index contributed by atoms with van der Waals surface area (Å²) in [5.74, 6) is 0.543. The van der Waals surface area contributed by atoms with Crippen LogP contribution < -0.4 is 10.1 Å². The van der Waals surface area contributed by atoms with E-state index < -0.39 is 6.04 Å². The molecule has 0 bridgehead atoms. The number of amides is 2. The third-order valence-corrected chi connectivity index (χ3v) is 6.61. The Hall–Kier alpha value is -1.86. The molecule has 0 aliphatic heterocycles. The average molecular weight is 554 g/mol. The first-order valence-electron chi connectivity index (χ1n) is 10.3. The Labute approximate surface area is 201 Å². The van der Waals surface area contributed by atoms with E-state index in [2.05, 4.69) is 37.2 Å². The second-order valence-electron chi connectivity index (χ2n) is 8.13. The standard InChI is InChI=1S/C24H30Br2N2O3/c1-15(2)12-27-24(30)18(5)28(13-19-7-6-8-20(25)11-19)22(29)14-31-21-9-16(3)23(26)17(4)10-21/h6-11,15,18H,12-14H2,1-5H3,(H,27,30)/t18-/m0/s1. The molecule has 5 nitrogen and oxygen atoms in total. The second-order valence-corrected chi connectivity index (χ2v) is 9.83. The summed E-state index contributed by atoms with van der Waals surface area (Å²) < 4.78 is 7.75. The zero-order valence-electron chi connectivity index (χ0n) is 18.7. The van der Waals surface area contributed by atoms with Crippen LogP contribution in [0.4, 0.5) is 0 Å². The van der Waals surface area contributed by atoms with Crippen LogP contribution in [0.5, 0.6) is 5.75 Å². The third kappa shape index (κ3) is 7.65. The minimum Gasteiger partial charge on any atom is -0.484 e. The molecule has 168 valence electrons. The molecule has 0 aliphatic carbocycles. The summed E-state index contributed by atoms with van der Waals surface area (Å²) in [6, 6.07) is 10.9. The van der Waals surface area contributed by atoms with Crippen LogP contribution in [0, 0.1) is 19.8 Å². The van der Waals surface area contributed by atoms with Crippen LogP contribution in [0.15, 0.2) is 45.3 Å². The molecule has 0 fully saturated rings. The molecule has 0 saturated carbocycles. The topological polar surface area (TPSA) is 58.6 Å². The fraction of sp³-hybridized carbons (Fsp3) is 0.417. The Balaban J connectivity index is 2.17. The maximum absolute atomic E-state index is 13.1. The minimum absolute atomic E-state index is 0.143. The van der Waals surface area contributed by atoms with Gasteiger partial charge in [-0.05, 0) is 67.6 Å². The van der Waals surface area contributed by atoms with Crippen LogP contribution in [-0.2, 0) is 16.1 Å². The van der Waals surface area contributed by atoms with Crippen molar-refractivity contribution in [3.63, 3.8) is 0 Å². The lowest BCUT2D eigenvalue weighted by Crippen LogP contribution is -2.49. The van der Waals surface area contributed by atoms with Crippen molar-refractivity contribution in [3.8, 4) is 5.75 Å². The highest BCUT2D eigenvalue weighted by Gasteiger charge is 2.26. The number of nitrogens with one attached hydrogen (secondary N) is 1. The third-order valence-electron chi connectivity index (χ3n) is 4.87. The van der Waals surface area contributed by atoms with Crippen LogP contribution in [0.1, 0.15) is 37.5 Å². The maximum atomic E-state index is 13.1. The van der Waals surface area contributed by atoms with Gasteiger partial charge >= 0.3 is 0 Å². The van der Waals surface area contributed by atoms with Crippen LogP contribution in [0.3, 0.4) is 0 Å². The van der Waals surface area contributed by atoms with Crippen molar-refractivity contribution >= 4 is 43.7 Å². The lowest BCUT2D eigenvalue weighted by Gasteiger charge is -2.29. The number of hydrogen-bond acceptors (Lipinski definition) is 3. The Morgan fingerprint density at radius 3 is 2.29 bits per heavy atom. The van der Waals surface area contributed by atoms with Gasteiger partial charge in [0.2, 0.25) is 5.91 Å². The van der Waals surface area contributed by atoms with Gasteiger partial charge in [0.25, 0.3) is 5.91 Å². The van der Waals surface area contributed by atoms with Crippen molar-refractivity contribution in [2.24, 2.45) is 5.92 Å². The first kappa shape index (κ1) is 25.4. The van der Waals surface area contributed by atoms with Crippen LogP contribution >= 0.6 is 31.9 Å². The van der Waals surface area contributed by atoms with Gasteiger partial charge in [0.1, 0.15) is 11.8 Å². The van der Waals surface area contributed by atoms with E-state index in [-0.39, 0.29) is 18.4 Å². The molecule has 0 saturated heterocycles. The SMILES string of the molecule is Cc1cc(OCC(=O)N(Cc2cccc(Br)c2)[C@@H](C)C(=O)NCC(C)C)cc(C)c1Br. The smallest absolute Gasteiger partial charge is 0.261 e. The van der Waals surface area contributed by atoms with Gasteiger partial charge in [0.05, 0.1) is 0 Å². The predicted molar refractivity (Wildman–Crippen MR) is 131 cm³/mol. The van der Waals surface area contributed by atoms with E-state index in [4.69, 9.17) is 4.74 Å². The number of halogens is 2. The largest absolute Gasteiger partial charge is 0.484 e. The molecule has 0 heterocycles. The normalized spacial score (nSPS) is 11.9. The van der Waals surface area contributed by atoms with Gasteiger partial charge in [-0.2, -0.15) is 0 Å². The quantitative estimate of drug-likeness (QED) is 0.452. The molecular weight excluding hydrogens is 524 g/mol. The number of hydrogen-bond donors (Lipinski definition) is 1. The fourth-order valence-corrected chi connectivity index (χ4v) is 3.76. The van der Waals surface area contributed by atoms with E-state index in [1.807, 2.05) is 64.1 Å². The monoisotopic (exact) mass is 552 g/mol. The highest BCUT2D eigenvalue weighted by Crippen LogP contribution is 2.26. The summed E-state index contributed by atoms with van der Waals surface area (Å²) >= 11 is 7.01. The van der Waals surface area contributed by atoms with E-state index in [0.717, 1.165) is 25.6 Å². The highest BCUT2D eigenvalue weighted by molar-refractivity contribution is 9.10. The van der Waals surface area contributed by atoms with Crippen molar-refractivity contribution in [1.29, 1.82) is 0 Å². The van der Waals surface area contributed by atoms with E-state index in [1.54, 1.807) is 11.8 Å². The van der Waals surface area contributed by atoms with Gasteiger partial charge in [-0.15, -0.1) is 0 Å². The molecule has 2 amide bonds. The van der Waals surface area contributed by atoms with Crippen molar-refractivity contribution < 1.29 is 14.3 Å². The first-order chi connectivity index (χ1) is 14.6. The van der Waals surface area contributed by atoms with E-state index in [1.165, 1.54) is 0 Å². The van der Waals surface area contributed by atoms with Crippen molar-refractivity contribution in [3.05, 3.63) is 62.0 Å². The highest BCUT2D eigenvalue weighted by atomic mass is 79.9. The van der Waals surface area contributed by atoms with Crippen LogP contribution in [-0.4, -0.2) is 35.9 Å². The van der Waals surface area contributed by atoms with Gasteiger partial charge in [-0.25, -0.2) is 0 Å². The minimum atomic E-state index is -0.623. The lowest BCUT2D eigenvalue weighted by atomic mass is 10.1. The number of carbonyl (C=O) groups excluding carboxylic acids is 2. The van der Waals surface area contributed by atoms with E-state index >= 15 is 0 Å². The molecule has 1 N–H and O–H groups in total. The Morgan fingerprint density at radius 2 is 1.71 bits per heavy atom. The van der Waals surface area contributed by atoms with Gasteiger partial charge in [0.15, 0.2) is 6.61 Å². The molecular formula is C24H30Br2N2O3. The molecule has 0 radical (unpaired) electrons. The Kier molecular flexibility index (Phi) is 9.56. The van der Waals surface area contributed by atoms with Gasteiger partial charge in [0, 0.05) is 22.0 Å². The molecule has 31 heavy (non-hydrogen) atoms. The molecule has 0 spiro atoms.